The number of aromatic nitrogens is 1. The van der Waals surface area contributed by atoms with Crippen molar-refractivity contribution in [3.05, 3.63) is 47.3 Å². The van der Waals surface area contributed by atoms with Gasteiger partial charge in [-0.3, -0.25) is 9.69 Å². The summed E-state index contributed by atoms with van der Waals surface area (Å²) >= 11 is -1.99. The Morgan fingerprint density at radius 1 is 1.13 bits per heavy atom. The number of Topliss-reactive ketones (excluding diaryl/α,β-unsaturated/α-hetero) is 1. The molecule has 1 aliphatic heterocycles. The van der Waals surface area contributed by atoms with Crippen LogP contribution in [0.4, 0.5) is 0 Å². The number of nitrogens with zero attached hydrogens (tertiary/aromatic N) is 2. The first-order valence-electron chi connectivity index (χ1n) is 10.6. The molecule has 1 N–H and O–H groups in total. The van der Waals surface area contributed by atoms with Gasteiger partial charge in [0.2, 0.25) is 0 Å². The van der Waals surface area contributed by atoms with E-state index in [2.05, 4.69) is 32.6 Å². The lowest BCUT2D eigenvalue weighted by molar-refractivity contribution is 0.0723. The van der Waals surface area contributed by atoms with Crippen LogP contribution in [0.15, 0.2) is 35.2 Å². The third-order valence-corrected chi connectivity index (χ3v) is 7.09. The first kappa shape index (κ1) is 22.9. The van der Waals surface area contributed by atoms with Crippen LogP contribution in [0.2, 0.25) is 0 Å². The van der Waals surface area contributed by atoms with Gasteiger partial charge in [-0.1, -0.05) is 13.8 Å². The van der Waals surface area contributed by atoms with Crippen molar-refractivity contribution in [2.75, 3.05) is 13.1 Å². The molecule has 2 aromatic rings. The van der Waals surface area contributed by atoms with Crippen LogP contribution in [0.1, 0.15) is 68.7 Å². The minimum Gasteiger partial charge on any atom is -0.318 e. The van der Waals surface area contributed by atoms with Gasteiger partial charge < -0.3 is 9.12 Å². The number of benzene rings is 1. The fourth-order valence-corrected chi connectivity index (χ4v) is 5.50. The molecule has 1 aliphatic rings. The van der Waals surface area contributed by atoms with E-state index in [4.69, 9.17) is 0 Å². The molecular formula is C24H34N2O3S. The lowest BCUT2D eigenvalue weighted by Gasteiger charge is -2.40. The first-order chi connectivity index (χ1) is 13.9. The van der Waals surface area contributed by atoms with Crippen molar-refractivity contribution >= 4 is 16.9 Å². The van der Waals surface area contributed by atoms with E-state index >= 15 is 0 Å². The zero-order chi connectivity index (χ0) is 22.3. The highest BCUT2D eigenvalue weighted by Crippen LogP contribution is 2.38. The molecule has 0 spiro atoms. The summed E-state index contributed by atoms with van der Waals surface area (Å²) in [6.45, 7) is 14.5. The molecule has 164 valence electrons. The fraction of sp³-hybridized carbons (Fsp3) is 0.542. The largest absolute Gasteiger partial charge is 0.318 e. The second-order valence-electron chi connectivity index (χ2n) is 9.96. The molecular weight excluding hydrogens is 396 g/mol. The number of carbonyl (C=O) groups is 1. The topological polar surface area (TPSA) is 62.5 Å². The van der Waals surface area contributed by atoms with Gasteiger partial charge in [0.1, 0.15) is 0 Å². The van der Waals surface area contributed by atoms with Crippen molar-refractivity contribution in [2.45, 2.75) is 71.2 Å². The summed E-state index contributed by atoms with van der Waals surface area (Å²) in [6, 6.07) is 8.89. The lowest BCUT2D eigenvalue weighted by Crippen LogP contribution is -2.47. The Labute approximate surface area is 182 Å². The van der Waals surface area contributed by atoms with E-state index in [9.17, 15) is 13.6 Å². The summed E-state index contributed by atoms with van der Waals surface area (Å²) in [5, 5.41) is 0. The van der Waals surface area contributed by atoms with Gasteiger partial charge in [0.05, 0.1) is 11.4 Å². The Morgan fingerprint density at radius 3 is 2.37 bits per heavy atom. The highest BCUT2D eigenvalue weighted by Gasteiger charge is 2.37. The van der Waals surface area contributed by atoms with Crippen LogP contribution in [-0.4, -0.2) is 42.6 Å². The van der Waals surface area contributed by atoms with Crippen molar-refractivity contribution in [1.29, 1.82) is 0 Å². The summed E-state index contributed by atoms with van der Waals surface area (Å²) in [6.07, 6.45) is 3.37. The van der Waals surface area contributed by atoms with E-state index in [0.717, 1.165) is 42.0 Å². The van der Waals surface area contributed by atoms with E-state index in [0.29, 0.717) is 16.9 Å². The van der Waals surface area contributed by atoms with E-state index in [1.165, 1.54) is 6.42 Å². The number of rotatable bonds is 5. The molecule has 0 aliphatic carbocycles. The quantitative estimate of drug-likeness (QED) is 0.526. The highest BCUT2D eigenvalue weighted by molar-refractivity contribution is 7.79. The zero-order valence-corrected chi connectivity index (χ0v) is 19.8. The molecule has 5 nitrogen and oxygen atoms in total. The Balaban J connectivity index is 1.85. The number of ketones is 1. The molecule has 1 aromatic carbocycles. The van der Waals surface area contributed by atoms with Crippen LogP contribution in [-0.2, 0) is 11.1 Å². The molecule has 30 heavy (non-hydrogen) atoms. The Kier molecular flexibility index (Phi) is 6.42. The van der Waals surface area contributed by atoms with Gasteiger partial charge in [-0.25, -0.2) is 4.21 Å². The van der Waals surface area contributed by atoms with Crippen LogP contribution in [0.3, 0.4) is 0 Å². The number of hydrogen-bond acceptors (Lipinski definition) is 3. The Morgan fingerprint density at radius 2 is 1.77 bits per heavy atom. The molecule has 0 saturated carbocycles. The summed E-state index contributed by atoms with van der Waals surface area (Å²) in [7, 11) is 0. The zero-order valence-electron chi connectivity index (χ0n) is 19.0. The van der Waals surface area contributed by atoms with Gasteiger partial charge >= 0.3 is 0 Å². The normalized spacial score (nSPS) is 20.0. The molecule has 0 amide bonds. The van der Waals surface area contributed by atoms with E-state index in [1.54, 1.807) is 12.1 Å². The van der Waals surface area contributed by atoms with Crippen molar-refractivity contribution < 1.29 is 13.6 Å². The van der Waals surface area contributed by atoms with Gasteiger partial charge in [0.15, 0.2) is 16.9 Å². The maximum absolute atomic E-state index is 13.3. The molecule has 1 fully saturated rings. The van der Waals surface area contributed by atoms with Crippen LogP contribution in [0, 0.1) is 19.3 Å². The second-order valence-corrected chi connectivity index (χ2v) is 10.9. The van der Waals surface area contributed by atoms with Gasteiger partial charge in [-0.2, -0.15) is 0 Å². The number of aryl methyl sites for hydroxylation is 1. The molecule has 3 rings (SSSR count). The SMILES string of the molecule is Cc1cc(C(=O)CN2CCCC(C)(C)CC2(C)C)c(C)n1-c1ccc(S(=O)O)cc1. The van der Waals surface area contributed by atoms with E-state index in [1.807, 2.05) is 36.6 Å². The van der Waals surface area contributed by atoms with Crippen molar-refractivity contribution in [2.24, 2.45) is 5.41 Å². The van der Waals surface area contributed by atoms with Crippen molar-refractivity contribution in [1.82, 2.24) is 9.47 Å². The number of likely N-dealkylation sites (tertiary alicyclic amines) is 1. The van der Waals surface area contributed by atoms with Gasteiger partial charge in [0.25, 0.3) is 0 Å². The van der Waals surface area contributed by atoms with E-state index < -0.39 is 11.1 Å². The summed E-state index contributed by atoms with van der Waals surface area (Å²) in [5.41, 5.74) is 3.79. The minimum atomic E-state index is -1.99. The molecule has 1 aromatic heterocycles. The van der Waals surface area contributed by atoms with Gasteiger partial charge in [-0.05, 0) is 89.2 Å². The molecule has 1 atom stereocenters. The number of carbonyl (C=O) groups excluding carboxylic acids is 1. The maximum atomic E-state index is 13.3. The molecule has 2 heterocycles. The van der Waals surface area contributed by atoms with Gasteiger partial charge in [-0.15, -0.1) is 0 Å². The smallest absolute Gasteiger partial charge is 0.186 e. The molecule has 6 heteroatoms. The molecule has 0 bridgehead atoms. The average Bonchev–Trinajstić information content (AvgIpc) is 2.88. The predicted octanol–water partition coefficient (Wildman–Crippen LogP) is 5.15. The van der Waals surface area contributed by atoms with Crippen molar-refractivity contribution in [3.63, 3.8) is 0 Å². The third-order valence-electron chi connectivity index (χ3n) is 6.41. The monoisotopic (exact) mass is 430 g/mol. The number of hydrogen-bond donors (Lipinski definition) is 1. The maximum Gasteiger partial charge on any atom is 0.186 e. The Bertz CT molecular complexity index is 958. The molecule has 1 unspecified atom stereocenters. The standard InChI is InChI=1S/C24H34N2O3S/c1-17-14-21(18(2)26(17)19-8-10-20(11-9-19)30(28)29)22(27)15-25-13-7-12-23(3,4)16-24(25,5)6/h8-11,14H,7,12-13,15-16H2,1-6H3,(H,28,29). The van der Waals surface area contributed by atoms with E-state index in [-0.39, 0.29) is 11.3 Å². The molecule has 0 radical (unpaired) electrons. The first-order valence-corrected chi connectivity index (χ1v) is 11.7. The third kappa shape index (κ3) is 4.76. The fourth-order valence-electron chi connectivity index (χ4n) is 5.13. The average molecular weight is 431 g/mol. The summed E-state index contributed by atoms with van der Waals surface area (Å²) in [5.74, 6) is 0.148. The molecule has 1 saturated heterocycles. The van der Waals surface area contributed by atoms with Gasteiger partial charge in [0, 0.05) is 28.2 Å². The van der Waals surface area contributed by atoms with Crippen LogP contribution in [0.5, 0.6) is 0 Å². The predicted molar refractivity (Wildman–Crippen MR) is 122 cm³/mol. The van der Waals surface area contributed by atoms with Crippen molar-refractivity contribution in [3.8, 4) is 5.69 Å². The lowest BCUT2D eigenvalue weighted by atomic mass is 9.78. The van der Waals surface area contributed by atoms with Crippen LogP contribution in [0.25, 0.3) is 5.69 Å². The minimum absolute atomic E-state index is 0.0169. The van der Waals surface area contributed by atoms with Crippen LogP contribution >= 0.6 is 0 Å². The Hall–Kier alpha value is -1.76. The second kappa shape index (κ2) is 8.40. The summed E-state index contributed by atoms with van der Waals surface area (Å²) < 4.78 is 22.5. The highest BCUT2D eigenvalue weighted by atomic mass is 32.2. The van der Waals surface area contributed by atoms with Crippen LogP contribution < -0.4 is 0 Å². The summed E-state index contributed by atoms with van der Waals surface area (Å²) in [4.78, 5) is 16.0.